The van der Waals surface area contributed by atoms with Crippen LogP contribution in [-0.4, -0.2) is 60.6 Å². The fourth-order valence-electron chi connectivity index (χ4n) is 2.49. The molecular weight excluding hydrogens is 384 g/mol. The second kappa shape index (κ2) is 8.94. The van der Waals surface area contributed by atoms with Gasteiger partial charge < -0.3 is 19.1 Å². The second-order valence-corrected chi connectivity index (χ2v) is 7.97. The van der Waals surface area contributed by atoms with Crippen LogP contribution in [0.15, 0.2) is 47.4 Å². The van der Waals surface area contributed by atoms with Crippen LogP contribution in [0.2, 0.25) is 0 Å². The van der Waals surface area contributed by atoms with E-state index in [1.165, 1.54) is 44.4 Å². The van der Waals surface area contributed by atoms with Gasteiger partial charge in [-0.15, -0.1) is 0 Å². The minimum Gasteiger partial charge on any atom is -0.497 e. The molecule has 0 heterocycles. The van der Waals surface area contributed by atoms with Crippen LogP contribution in [0.3, 0.4) is 0 Å². The summed E-state index contributed by atoms with van der Waals surface area (Å²) in [7, 11) is 3.49. The number of benzene rings is 2. The molecule has 0 atom stereocenters. The van der Waals surface area contributed by atoms with Crippen molar-refractivity contribution in [2.45, 2.75) is 4.90 Å². The summed E-state index contributed by atoms with van der Waals surface area (Å²) in [6.07, 6.45) is 0. The number of methoxy groups -OCH3 is 3. The van der Waals surface area contributed by atoms with E-state index < -0.39 is 10.0 Å². The monoisotopic (exact) mass is 408 g/mol. The van der Waals surface area contributed by atoms with Gasteiger partial charge in [-0.25, -0.2) is 8.42 Å². The highest BCUT2D eigenvalue weighted by molar-refractivity contribution is 7.89. The van der Waals surface area contributed by atoms with Crippen molar-refractivity contribution in [3.8, 4) is 17.2 Å². The van der Waals surface area contributed by atoms with Crippen molar-refractivity contribution in [2.75, 3.05) is 46.9 Å². The molecule has 2 aromatic carbocycles. The Balaban J connectivity index is 2.17. The van der Waals surface area contributed by atoms with Crippen LogP contribution in [0.4, 0.5) is 5.69 Å². The largest absolute Gasteiger partial charge is 0.497 e. The zero-order chi connectivity index (χ0) is 20.9. The maximum absolute atomic E-state index is 12.8. The van der Waals surface area contributed by atoms with Gasteiger partial charge in [0.25, 0.3) is 0 Å². The van der Waals surface area contributed by atoms with Crippen LogP contribution in [0.25, 0.3) is 0 Å². The number of likely N-dealkylation sites (N-methyl/N-ethyl adjacent to an activating group) is 2. The number of carbonyl (C=O) groups excluding carboxylic acids is 1. The van der Waals surface area contributed by atoms with E-state index in [0.717, 1.165) is 4.31 Å². The summed E-state index contributed by atoms with van der Waals surface area (Å²) < 4.78 is 42.0. The number of carbonyl (C=O) groups is 1. The molecule has 0 fully saturated rings. The molecule has 0 unspecified atom stereocenters. The standard InChI is InChI=1S/C19H24N2O6S/c1-20(13-19(22)21(2)14-6-8-15(25-3)9-7-14)28(23,24)16-10-11-17(26-4)18(12-16)27-5/h6-12H,13H2,1-5H3. The van der Waals surface area contributed by atoms with Gasteiger partial charge in [0.1, 0.15) is 5.75 Å². The van der Waals surface area contributed by atoms with Crippen LogP contribution >= 0.6 is 0 Å². The van der Waals surface area contributed by atoms with Gasteiger partial charge in [0.05, 0.1) is 32.8 Å². The minimum absolute atomic E-state index is 0.00699. The summed E-state index contributed by atoms with van der Waals surface area (Å²) in [4.78, 5) is 13.9. The van der Waals surface area contributed by atoms with Gasteiger partial charge in [-0.1, -0.05) is 0 Å². The zero-order valence-electron chi connectivity index (χ0n) is 16.5. The third kappa shape index (κ3) is 4.55. The van der Waals surface area contributed by atoms with E-state index in [1.807, 2.05) is 0 Å². The third-order valence-corrected chi connectivity index (χ3v) is 6.05. The van der Waals surface area contributed by atoms with Crippen molar-refractivity contribution >= 4 is 21.6 Å². The van der Waals surface area contributed by atoms with Gasteiger partial charge in [-0.05, 0) is 36.4 Å². The first-order valence-electron chi connectivity index (χ1n) is 8.33. The molecule has 0 radical (unpaired) electrons. The number of sulfonamides is 1. The number of ether oxygens (including phenoxy) is 3. The molecule has 0 aliphatic rings. The van der Waals surface area contributed by atoms with E-state index in [9.17, 15) is 13.2 Å². The number of nitrogens with zero attached hydrogens (tertiary/aromatic N) is 2. The maximum atomic E-state index is 12.8. The smallest absolute Gasteiger partial charge is 0.243 e. The Hall–Kier alpha value is -2.78. The molecule has 0 aromatic heterocycles. The van der Waals surface area contributed by atoms with E-state index in [2.05, 4.69) is 0 Å². The van der Waals surface area contributed by atoms with E-state index >= 15 is 0 Å². The molecular formula is C19H24N2O6S. The third-order valence-electron chi connectivity index (χ3n) is 4.25. The normalized spacial score (nSPS) is 11.2. The Morgan fingerprint density at radius 1 is 0.893 bits per heavy atom. The summed E-state index contributed by atoms with van der Waals surface area (Å²) in [5.74, 6) is 0.993. The van der Waals surface area contributed by atoms with E-state index in [1.54, 1.807) is 38.4 Å². The first kappa shape index (κ1) is 21.5. The number of amides is 1. The SMILES string of the molecule is COc1ccc(N(C)C(=O)CN(C)S(=O)(=O)c2ccc(OC)c(OC)c2)cc1. The van der Waals surface area contributed by atoms with Crippen LogP contribution < -0.4 is 19.1 Å². The van der Waals surface area contributed by atoms with Crippen molar-refractivity contribution in [3.63, 3.8) is 0 Å². The van der Waals surface area contributed by atoms with Crippen molar-refractivity contribution in [1.29, 1.82) is 0 Å². The molecule has 0 aliphatic carbocycles. The van der Waals surface area contributed by atoms with Crippen LogP contribution in [0.1, 0.15) is 0 Å². The summed E-state index contributed by atoms with van der Waals surface area (Å²) in [5, 5.41) is 0. The maximum Gasteiger partial charge on any atom is 0.243 e. The zero-order valence-corrected chi connectivity index (χ0v) is 17.3. The molecule has 0 saturated heterocycles. The highest BCUT2D eigenvalue weighted by Crippen LogP contribution is 2.30. The van der Waals surface area contributed by atoms with Gasteiger partial charge >= 0.3 is 0 Å². The molecule has 152 valence electrons. The van der Waals surface area contributed by atoms with Gasteiger partial charge in [0.15, 0.2) is 11.5 Å². The molecule has 28 heavy (non-hydrogen) atoms. The summed E-state index contributed by atoms with van der Waals surface area (Å²) in [6.45, 7) is -0.320. The summed E-state index contributed by atoms with van der Waals surface area (Å²) in [6, 6.07) is 11.2. The summed E-state index contributed by atoms with van der Waals surface area (Å²) in [5.41, 5.74) is 0.628. The van der Waals surface area contributed by atoms with E-state index in [4.69, 9.17) is 14.2 Å². The molecule has 8 nitrogen and oxygen atoms in total. The predicted octanol–water partition coefficient (Wildman–Crippen LogP) is 2.00. The fraction of sp³-hybridized carbons (Fsp3) is 0.316. The molecule has 2 rings (SSSR count). The van der Waals surface area contributed by atoms with Crippen LogP contribution in [0, 0.1) is 0 Å². The highest BCUT2D eigenvalue weighted by Gasteiger charge is 2.26. The first-order chi connectivity index (χ1) is 13.2. The van der Waals surface area contributed by atoms with Crippen molar-refractivity contribution < 1.29 is 27.4 Å². The number of rotatable bonds is 8. The molecule has 0 bridgehead atoms. The Morgan fingerprint density at radius 2 is 1.50 bits per heavy atom. The Kier molecular flexibility index (Phi) is 6.87. The Bertz CT molecular complexity index is 928. The molecule has 0 saturated carbocycles. The topological polar surface area (TPSA) is 85.4 Å². The van der Waals surface area contributed by atoms with E-state index in [-0.39, 0.29) is 17.3 Å². The average molecular weight is 408 g/mol. The molecule has 0 aliphatic heterocycles. The Morgan fingerprint density at radius 3 is 2.04 bits per heavy atom. The lowest BCUT2D eigenvalue weighted by molar-refractivity contribution is -0.118. The highest BCUT2D eigenvalue weighted by atomic mass is 32.2. The molecule has 2 aromatic rings. The van der Waals surface area contributed by atoms with Crippen molar-refractivity contribution in [1.82, 2.24) is 4.31 Å². The number of hydrogen-bond acceptors (Lipinski definition) is 6. The predicted molar refractivity (Wildman–Crippen MR) is 106 cm³/mol. The van der Waals surface area contributed by atoms with Gasteiger partial charge in [0, 0.05) is 25.8 Å². The molecule has 9 heteroatoms. The molecule has 0 N–H and O–H groups in total. The lowest BCUT2D eigenvalue weighted by Gasteiger charge is -2.22. The summed E-state index contributed by atoms with van der Waals surface area (Å²) >= 11 is 0. The molecule has 1 amide bonds. The van der Waals surface area contributed by atoms with Gasteiger partial charge in [0.2, 0.25) is 15.9 Å². The molecule has 0 spiro atoms. The minimum atomic E-state index is -3.89. The van der Waals surface area contributed by atoms with Crippen LogP contribution in [0.5, 0.6) is 17.2 Å². The van der Waals surface area contributed by atoms with Gasteiger partial charge in [-0.2, -0.15) is 4.31 Å². The lowest BCUT2D eigenvalue weighted by atomic mass is 10.3. The Labute approximate surface area is 165 Å². The van der Waals surface area contributed by atoms with Crippen molar-refractivity contribution in [2.24, 2.45) is 0 Å². The second-order valence-electron chi connectivity index (χ2n) is 5.93. The average Bonchev–Trinajstić information content (AvgIpc) is 2.72. The number of anilines is 1. The fourth-order valence-corrected chi connectivity index (χ4v) is 3.62. The van der Waals surface area contributed by atoms with E-state index in [0.29, 0.717) is 22.9 Å². The van der Waals surface area contributed by atoms with Crippen LogP contribution in [-0.2, 0) is 14.8 Å². The quantitative estimate of drug-likeness (QED) is 0.664. The lowest BCUT2D eigenvalue weighted by Crippen LogP contribution is -2.39. The van der Waals surface area contributed by atoms with Gasteiger partial charge in [-0.3, -0.25) is 4.79 Å². The number of hydrogen-bond donors (Lipinski definition) is 0. The van der Waals surface area contributed by atoms with Crippen molar-refractivity contribution in [3.05, 3.63) is 42.5 Å². The first-order valence-corrected chi connectivity index (χ1v) is 9.77.